The van der Waals surface area contributed by atoms with E-state index in [2.05, 4.69) is 20.4 Å². The molecule has 1 aliphatic heterocycles. The minimum absolute atomic E-state index is 0.0781. The zero-order valence-electron chi connectivity index (χ0n) is 15.5. The lowest BCUT2D eigenvalue weighted by Gasteiger charge is -2.16. The number of hydrogen-bond donors (Lipinski definition) is 2. The van der Waals surface area contributed by atoms with Crippen molar-refractivity contribution in [2.24, 2.45) is 0 Å². The van der Waals surface area contributed by atoms with E-state index in [1.54, 1.807) is 19.2 Å². The number of H-pyrrole nitrogens is 1. The molecule has 1 aliphatic rings. The van der Waals surface area contributed by atoms with Crippen molar-refractivity contribution < 1.29 is 9.53 Å². The first-order chi connectivity index (χ1) is 13.6. The number of methoxy groups -OCH3 is 1. The van der Waals surface area contributed by atoms with E-state index in [1.807, 2.05) is 42.5 Å². The number of nitrogens with one attached hydrogen (secondary N) is 2. The Morgan fingerprint density at radius 2 is 2.07 bits per heavy atom. The molecular formula is C21H21ClN4O2. The van der Waals surface area contributed by atoms with Crippen LogP contribution in [0.5, 0.6) is 5.75 Å². The first kappa shape index (κ1) is 18.4. The van der Waals surface area contributed by atoms with E-state index in [-0.39, 0.29) is 11.9 Å². The maximum absolute atomic E-state index is 12.5. The Kier molecular flexibility index (Phi) is 5.21. The van der Waals surface area contributed by atoms with Gasteiger partial charge in [-0.2, -0.15) is 5.10 Å². The van der Waals surface area contributed by atoms with E-state index >= 15 is 0 Å². The minimum atomic E-state index is -0.0883. The molecule has 0 saturated carbocycles. The molecule has 0 spiro atoms. The second-order valence-corrected chi connectivity index (χ2v) is 7.22. The largest absolute Gasteiger partial charge is 0.497 e. The predicted octanol–water partition coefficient (Wildman–Crippen LogP) is 3.75. The van der Waals surface area contributed by atoms with Crippen LogP contribution >= 0.6 is 11.6 Å². The number of nitrogens with zero attached hydrogens (tertiary/aromatic N) is 2. The molecule has 0 aliphatic carbocycles. The van der Waals surface area contributed by atoms with Crippen molar-refractivity contribution in [2.45, 2.75) is 12.5 Å². The van der Waals surface area contributed by atoms with Gasteiger partial charge in [-0.3, -0.25) is 9.89 Å². The van der Waals surface area contributed by atoms with Crippen LogP contribution < -0.4 is 15.0 Å². The second-order valence-electron chi connectivity index (χ2n) is 6.78. The van der Waals surface area contributed by atoms with E-state index in [0.29, 0.717) is 16.3 Å². The van der Waals surface area contributed by atoms with Crippen LogP contribution in [-0.2, 0) is 0 Å². The minimum Gasteiger partial charge on any atom is -0.497 e. The van der Waals surface area contributed by atoms with E-state index in [4.69, 9.17) is 16.3 Å². The summed E-state index contributed by atoms with van der Waals surface area (Å²) in [4.78, 5) is 14.7. The van der Waals surface area contributed by atoms with Crippen LogP contribution in [0, 0.1) is 0 Å². The molecule has 1 amide bonds. The number of halogens is 1. The number of carbonyl (C=O) groups is 1. The van der Waals surface area contributed by atoms with Crippen LogP contribution in [-0.4, -0.2) is 42.3 Å². The van der Waals surface area contributed by atoms with E-state index < -0.39 is 0 Å². The Morgan fingerprint density at radius 3 is 2.86 bits per heavy atom. The summed E-state index contributed by atoms with van der Waals surface area (Å²) in [5.74, 6) is 1.46. The third-order valence-corrected chi connectivity index (χ3v) is 5.15. The maximum atomic E-state index is 12.5. The Balaban J connectivity index is 1.39. The van der Waals surface area contributed by atoms with Gasteiger partial charge < -0.3 is 15.0 Å². The van der Waals surface area contributed by atoms with Crippen LogP contribution in [0.15, 0.2) is 54.6 Å². The summed E-state index contributed by atoms with van der Waals surface area (Å²) in [5.41, 5.74) is 2.57. The highest BCUT2D eigenvalue weighted by molar-refractivity contribution is 6.30. The maximum Gasteiger partial charge on any atom is 0.251 e. The monoisotopic (exact) mass is 396 g/mol. The van der Waals surface area contributed by atoms with Gasteiger partial charge in [0.05, 0.1) is 12.8 Å². The number of hydrogen-bond acceptors (Lipinski definition) is 4. The fourth-order valence-corrected chi connectivity index (χ4v) is 3.50. The van der Waals surface area contributed by atoms with Gasteiger partial charge in [0.1, 0.15) is 5.75 Å². The number of ether oxygens (including phenoxy) is 1. The number of carbonyl (C=O) groups excluding carboxylic acids is 1. The average Bonchev–Trinajstić information content (AvgIpc) is 3.38. The van der Waals surface area contributed by atoms with Crippen molar-refractivity contribution in [3.05, 3.63) is 65.2 Å². The lowest BCUT2D eigenvalue weighted by molar-refractivity contribution is 0.0940. The molecule has 144 valence electrons. The summed E-state index contributed by atoms with van der Waals surface area (Å²) < 4.78 is 5.19. The zero-order valence-corrected chi connectivity index (χ0v) is 16.2. The predicted molar refractivity (Wildman–Crippen MR) is 110 cm³/mol. The molecule has 2 heterocycles. The Labute approximate surface area is 168 Å². The molecule has 2 aromatic carbocycles. The van der Waals surface area contributed by atoms with Gasteiger partial charge in [-0.15, -0.1) is 0 Å². The summed E-state index contributed by atoms with van der Waals surface area (Å²) in [6.07, 6.45) is 0.874. The average molecular weight is 397 g/mol. The van der Waals surface area contributed by atoms with Gasteiger partial charge in [-0.25, -0.2) is 0 Å². The molecule has 3 aromatic rings. The van der Waals surface area contributed by atoms with Gasteiger partial charge in [0.25, 0.3) is 5.91 Å². The van der Waals surface area contributed by atoms with Gasteiger partial charge in [-0.05, 0) is 42.3 Å². The molecule has 7 heteroatoms. The smallest absolute Gasteiger partial charge is 0.251 e. The number of benzene rings is 2. The van der Waals surface area contributed by atoms with Crippen LogP contribution in [0.2, 0.25) is 5.02 Å². The third kappa shape index (κ3) is 3.97. The molecule has 2 N–H and O–H groups in total. The van der Waals surface area contributed by atoms with Gasteiger partial charge in [-0.1, -0.05) is 29.8 Å². The number of amides is 1. The van der Waals surface area contributed by atoms with Crippen molar-refractivity contribution in [2.75, 3.05) is 25.1 Å². The summed E-state index contributed by atoms with van der Waals surface area (Å²) in [6.45, 7) is 1.56. The molecule has 28 heavy (non-hydrogen) atoms. The van der Waals surface area contributed by atoms with Gasteiger partial charge >= 0.3 is 0 Å². The topological polar surface area (TPSA) is 70.2 Å². The van der Waals surface area contributed by atoms with Gasteiger partial charge in [0.2, 0.25) is 0 Å². The SMILES string of the molecule is COc1cccc(C(=O)NC2CCN(c3cc(-c4ccc(Cl)cc4)[nH]n3)C2)c1. The van der Waals surface area contributed by atoms with Crippen molar-refractivity contribution in [1.82, 2.24) is 15.5 Å². The molecule has 4 rings (SSSR count). The molecule has 0 bridgehead atoms. The molecule has 1 aromatic heterocycles. The molecule has 1 saturated heterocycles. The highest BCUT2D eigenvalue weighted by atomic mass is 35.5. The molecule has 1 atom stereocenters. The summed E-state index contributed by atoms with van der Waals surface area (Å²) in [6, 6.07) is 16.9. The fraction of sp³-hybridized carbons (Fsp3) is 0.238. The van der Waals surface area contributed by atoms with Gasteiger partial charge in [0, 0.05) is 35.8 Å². The van der Waals surface area contributed by atoms with Crippen LogP contribution in [0.4, 0.5) is 5.82 Å². The molecule has 6 nitrogen and oxygen atoms in total. The highest BCUT2D eigenvalue weighted by Crippen LogP contribution is 2.25. The van der Waals surface area contributed by atoms with E-state index in [1.165, 1.54) is 0 Å². The normalized spacial score (nSPS) is 16.2. The first-order valence-electron chi connectivity index (χ1n) is 9.13. The Hall–Kier alpha value is -2.99. The van der Waals surface area contributed by atoms with Crippen LogP contribution in [0.1, 0.15) is 16.8 Å². The highest BCUT2D eigenvalue weighted by Gasteiger charge is 2.26. The fourth-order valence-electron chi connectivity index (χ4n) is 3.37. The summed E-state index contributed by atoms with van der Waals surface area (Å²) in [7, 11) is 1.59. The lowest BCUT2D eigenvalue weighted by atomic mass is 10.1. The third-order valence-electron chi connectivity index (χ3n) is 4.90. The quantitative estimate of drug-likeness (QED) is 0.689. The molecule has 1 unspecified atom stereocenters. The number of rotatable bonds is 5. The number of aromatic nitrogens is 2. The van der Waals surface area contributed by atoms with Crippen molar-refractivity contribution in [3.8, 4) is 17.0 Å². The standard InChI is InChI=1S/C21H21ClN4O2/c1-28-18-4-2-3-15(11-18)21(27)23-17-9-10-26(13-17)20-12-19(24-25-20)14-5-7-16(22)8-6-14/h2-8,11-12,17H,9-10,13H2,1H3,(H,23,27)(H,24,25). The van der Waals surface area contributed by atoms with Crippen molar-refractivity contribution >= 4 is 23.3 Å². The Morgan fingerprint density at radius 1 is 1.25 bits per heavy atom. The van der Waals surface area contributed by atoms with Crippen molar-refractivity contribution in [1.29, 1.82) is 0 Å². The molecule has 0 radical (unpaired) electrons. The van der Waals surface area contributed by atoms with E-state index in [9.17, 15) is 4.79 Å². The number of aromatic amines is 1. The first-order valence-corrected chi connectivity index (χ1v) is 9.51. The lowest BCUT2D eigenvalue weighted by Crippen LogP contribution is -2.37. The van der Waals surface area contributed by atoms with Crippen molar-refractivity contribution in [3.63, 3.8) is 0 Å². The van der Waals surface area contributed by atoms with Crippen LogP contribution in [0.25, 0.3) is 11.3 Å². The second kappa shape index (κ2) is 7.94. The zero-order chi connectivity index (χ0) is 19.5. The van der Waals surface area contributed by atoms with E-state index in [0.717, 1.165) is 36.6 Å². The molecule has 1 fully saturated rings. The number of anilines is 1. The van der Waals surface area contributed by atoms with Crippen LogP contribution in [0.3, 0.4) is 0 Å². The molecular weight excluding hydrogens is 376 g/mol. The van der Waals surface area contributed by atoms with Gasteiger partial charge in [0.15, 0.2) is 5.82 Å². The summed E-state index contributed by atoms with van der Waals surface area (Å²) in [5, 5.41) is 11.3. The summed E-state index contributed by atoms with van der Waals surface area (Å²) >= 11 is 5.95. The Bertz CT molecular complexity index is 971.